The zero-order chi connectivity index (χ0) is 20.3. The first kappa shape index (κ1) is 19.8. The van der Waals surface area contributed by atoms with Crippen LogP contribution in [-0.4, -0.2) is 28.5 Å². The fourth-order valence-electron chi connectivity index (χ4n) is 2.77. The average Bonchev–Trinajstić information content (AvgIpc) is 2.68. The number of nitrogens with one attached hydrogen (secondary N) is 1. The fraction of sp³-hybridized carbons (Fsp3) is 0.200. The molecule has 0 unspecified atom stereocenters. The first-order valence-electron chi connectivity index (χ1n) is 8.52. The van der Waals surface area contributed by atoms with E-state index in [0.717, 1.165) is 10.0 Å². The monoisotopic (exact) mass is 443 g/mol. The topological polar surface area (TPSA) is 90.3 Å². The number of aryl methyl sites for hydroxylation is 2. The lowest BCUT2D eigenvalue weighted by Gasteiger charge is -2.11. The van der Waals surface area contributed by atoms with Gasteiger partial charge in [0.15, 0.2) is 0 Å². The van der Waals surface area contributed by atoms with E-state index in [1.165, 1.54) is 18.0 Å². The number of benzene rings is 2. The summed E-state index contributed by atoms with van der Waals surface area (Å²) < 4.78 is 6.89. The van der Waals surface area contributed by atoms with Crippen molar-refractivity contribution in [2.75, 3.05) is 12.4 Å². The molecule has 1 N–H and O–H groups in total. The van der Waals surface area contributed by atoms with Gasteiger partial charge in [-0.3, -0.25) is 14.2 Å². The number of aromatic nitrogens is 2. The van der Waals surface area contributed by atoms with E-state index in [0.29, 0.717) is 22.2 Å². The highest BCUT2D eigenvalue weighted by molar-refractivity contribution is 9.10. The maximum Gasteiger partial charge on any atom is 0.337 e. The van der Waals surface area contributed by atoms with E-state index < -0.39 is 5.97 Å². The van der Waals surface area contributed by atoms with Crippen molar-refractivity contribution < 1.29 is 14.3 Å². The second kappa shape index (κ2) is 8.35. The highest BCUT2D eigenvalue weighted by atomic mass is 79.9. The molecule has 28 heavy (non-hydrogen) atoms. The largest absolute Gasteiger partial charge is 0.465 e. The van der Waals surface area contributed by atoms with E-state index >= 15 is 0 Å². The lowest BCUT2D eigenvalue weighted by molar-refractivity contribution is -0.116. The minimum atomic E-state index is -0.434. The summed E-state index contributed by atoms with van der Waals surface area (Å²) in [5, 5.41) is 3.29. The van der Waals surface area contributed by atoms with Gasteiger partial charge in [-0.1, -0.05) is 15.9 Å². The van der Waals surface area contributed by atoms with E-state index in [2.05, 4.69) is 31.0 Å². The molecule has 7 nitrogen and oxygen atoms in total. The molecule has 144 valence electrons. The third-order valence-electron chi connectivity index (χ3n) is 4.29. The van der Waals surface area contributed by atoms with Gasteiger partial charge in [0.05, 0.1) is 29.9 Å². The minimum Gasteiger partial charge on any atom is -0.465 e. The third kappa shape index (κ3) is 4.28. The van der Waals surface area contributed by atoms with Gasteiger partial charge in [-0.05, 0) is 48.9 Å². The van der Waals surface area contributed by atoms with Crippen molar-refractivity contribution in [2.45, 2.75) is 19.9 Å². The number of amides is 1. The predicted octanol–water partition coefficient (Wildman–Crippen LogP) is 3.28. The molecular weight excluding hydrogens is 426 g/mol. The number of hydrogen-bond donors (Lipinski definition) is 1. The number of rotatable bonds is 5. The molecule has 0 fully saturated rings. The van der Waals surface area contributed by atoms with Crippen LogP contribution in [0.1, 0.15) is 22.3 Å². The van der Waals surface area contributed by atoms with E-state index in [-0.39, 0.29) is 24.4 Å². The quantitative estimate of drug-likeness (QED) is 0.610. The van der Waals surface area contributed by atoms with Gasteiger partial charge < -0.3 is 10.1 Å². The summed E-state index contributed by atoms with van der Waals surface area (Å²) in [7, 11) is 1.32. The molecule has 2 aromatic carbocycles. The fourth-order valence-corrected chi connectivity index (χ4v) is 3.13. The van der Waals surface area contributed by atoms with Gasteiger partial charge in [-0.15, -0.1) is 0 Å². The summed E-state index contributed by atoms with van der Waals surface area (Å²) in [5.41, 5.74) is 2.17. The number of hydrogen-bond acceptors (Lipinski definition) is 5. The Balaban J connectivity index is 1.69. The Bertz CT molecular complexity index is 1120. The average molecular weight is 444 g/mol. The number of carbonyl (C=O) groups is 2. The molecule has 1 amide bonds. The Morgan fingerprint density at radius 2 is 2.00 bits per heavy atom. The molecule has 0 aliphatic carbocycles. The number of nitrogens with zero attached hydrogens (tertiary/aromatic N) is 2. The molecule has 8 heteroatoms. The smallest absolute Gasteiger partial charge is 0.337 e. The van der Waals surface area contributed by atoms with Crippen molar-refractivity contribution in [3.63, 3.8) is 0 Å². The van der Waals surface area contributed by atoms with Crippen molar-refractivity contribution in [3.05, 3.63) is 68.7 Å². The highest BCUT2D eigenvalue weighted by Gasteiger charge is 2.11. The van der Waals surface area contributed by atoms with Gasteiger partial charge in [0, 0.05) is 23.1 Å². The summed E-state index contributed by atoms with van der Waals surface area (Å²) in [4.78, 5) is 40.7. The Kier molecular flexibility index (Phi) is 5.89. The van der Waals surface area contributed by atoms with Crippen molar-refractivity contribution in [3.8, 4) is 0 Å². The highest BCUT2D eigenvalue weighted by Crippen LogP contribution is 2.18. The zero-order valence-electron chi connectivity index (χ0n) is 15.4. The van der Waals surface area contributed by atoms with Crippen LogP contribution in [0, 0.1) is 6.92 Å². The van der Waals surface area contributed by atoms with Crippen LogP contribution in [0.3, 0.4) is 0 Å². The van der Waals surface area contributed by atoms with Gasteiger partial charge in [0.2, 0.25) is 5.91 Å². The Morgan fingerprint density at radius 1 is 1.21 bits per heavy atom. The lowest BCUT2D eigenvalue weighted by atomic mass is 10.1. The van der Waals surface area contributed by atoms with E-state index in [1.54, 1.807) is 37.3 Å². The van der Waals surface area contributed by atoms with Crippen LogP contribution in [0.4, 0.5) is 5.69 Å². The van der Waals surface area contributed by atoms with Gasteiger partial charge in [-0.25, -0.2) is 9.78 Å². The van der Waals surface area contributed by atoms with Crippen LogP contribution in [0.15, 0.2) is 52.0 Å². The van der Waals surface area contributed by atoms with Crippen LogP contribution >= 0.6 is 15.9 Å². The summed E-state index contributed by atoms with van der Waals surface area (Å²) in [6.07, 6.45) is 1.56. The molecular formula is C20H18BrN3O4. The normalized spacial score (nSPS) is 10.7. The molecule has 1 aromatic heterocycles. The van der Waals surface area contributed by atoms with Crippen molar-refractivity contribution in [2.24, 2.45) is 0 Å². The molecule has 3 aromatic rings. The molecule has 0 bridgehead atoms. The Morgan fingerprint density at radius 3 is 2.71 bits per heavy atom. The minimum absolute atomic E-state index is 0.110. The molecule has 0 saturated carbocycles. The molecule has 0 radical (unpaired) electrons. The van der Waals surface area contributed by atoms with Crippen LogP contribution in [-0.2, 0) is 16.1 Å². The van der Waals surface area contributed by atoms with Crippen molar-refractivity contribution >= 4 is 44.4 Å². The van der Waals surface area contributed by atoms with Crippen LogP contribution in [0.25, 0.3) is 10.9 Å². The Labute approximate surface area is 169 Å². The maximum absolute atomic E-state index is 12.6. The van der Waals surface area contributed by atoms with E-state index in [4.69, 9.17) is 0 Å². The molecule has 1 heterocycles. The summed E-state index contributed by atoms with van der Waals surface area (Å²) in [6.45, 7) is 2.00. The lowest BCUT2D eigenvalue weighted by Crippen LogP contribution is -2.23. The number of halogens is 1. The van der Waals surface area contributed by atoms with Gasteiger partial charge in [0.25, 0.3) is 5.56 Å². The van der Waals surface area contributed by atoms with Crippen molar-refractivity contribution in [1.29, 1.82) is 0 Å². The Hall–Kier alpha value is -3.00. The second-order valence-corrected chi connectivity index (χ2v) is 7.14. The van der Waals surface area contributed by atoms with Gasteiger partial charge in [-0.2, -0.15) is 0 Å². The molecule has 0 saturated heterocycles. The maximum atomic E-state index is 12.6. The van der Waals surface area contributed by atoms with Crippen LogP contribution < -0.4 is 10.9 Å². The third-order valence-corrected chi connectivity index (χ3v) is 4.78. The second-order valence-electron chi connectivity index (χ2n) is 6.22. The summed E-state index contributed by atoms with van der Waals surface area (Å²) >= 11 is 3.35. The van der Waals surface area contributed by atoms with Crippen LogP contribution in [0.2, 0.25) is 0 Å². The van der Waals surface area contributed by atoms with Gasteiger partial charge in [0.1, 0.15) is 0 Å². The predicted molar refractivity (Wildman–Crippen MR) is 109 cm³/mol. The summed E-state index contributed by atoms with van der Waals surface area (Å²) in [6, 6.07) is 10.2. The van der Waals surface area contributed by atoms with E-state index in [1.807, 2.05) is 6.07 Å². The standard InChI is InChI=1S/C20H18BrN3O4/c1-12-9-13(20(27)28-2)3-5-16(12)23-18(25)7-8-24-11-22-17-6-4-14(21)10-15(17)19(24)26/h3-6,9-11H,7-8H2,1-2H3,(H,23,25). The van der Waals surface area contributed by atoms with Crippen LogP contribution in [0.5, 0.6) is 0 Å². The first-order chi connectivity index (χ1) is 13.4. The van der Waals surface area contributed by atoms with Crippen molar-refractivity contribution in [1.82, 2.24) is 9.55 Å². The van der Waals surface area contributed by atoms with E-state index in [9.17, 15) is 14.4 Å². The molecule has 0 spiro atoms. The van der Waals surface area contributed by atoms with Gasteiger partial charge >= 0.3 is 5.97 Å². The first-order valence-corrected chi connectivity index (χ1v) is 9.32. The number of methoxy groups -OCH3 is 1. The molecule has 0 aliphatic rings. The number of ether oxygens (including phenoxy) is 1. The molecule has 0 atom stereocenters. The molecule has 0 aliphatic heterocycles. The zero-order valence-corrected chi connectivity index (χ0v) is 16.9. The SMILES string of the molecule is COC(=O)c1ccc(NC(=O)CCn2cnc3ccc(Br)cc3c2=O)c(C)c1. The number of anilines is 1. The number of fused-ring (bicyclic) bond motifs is 1. The number of esters is 1. The molecule has 3 rings (SSSR count). The summed E-state index contributed by atoms with van der Waals surface area (Å²) in [5.74, 6) is -0.675. The number of carbonyl (C=O) groups excluding carboxylic acids is 2.